The fourth-order valence-corrected chi connectivity index (χ4v) is 3.14. The van der Waals surface area contributed by atoms with Gasteiger partial charge in [0.2, 0.25) is 6.41 Å². The lowest BCUT2D eigenvalue weighted by Crippen LogP contribution is -2.30. The molecule has 0 aromatic heterocycles. The minimum absolute atomic E-state index is 0.0101. The van der Waals surface area contributed by atoms with Gasteiger partial charge in [-0.1, -0.05) is 25.1 Å². The summed E-state index contributed by atoms with van der Waals surface area (Å²) in [5.41, 5.74) is 1.06. The number of halogens is 4. The number of hydrogen-bond acceptors (Lipinski definition) is 1. The van der Waals surface area contributed by atoms with Gasteiger partial charge < -0.3 is 4.90 Å². The summed E-state index contributed by atoms with van der Waals surface area (Å²) in [6, 6.07) is 5.22. The Labute approximate surface area is 151 Å². The standard InChI is InChI=1S/C11H14FNO.C9H9F3/c12-10-5-2-1-4-9(10)11-6-3-7-13(11)8-14;1-2-7-3-5-8(6-4-7)9(10,11)12/h4-5,8,11H,1-3,6-7H2;3-6H,2H2,1H3. The second-order valence-electron chi connectivity index (χ2n) is 6.34. The summed E-state index contributed by atoms with van der Waals surface area (Å²) in [4.78, 5) is 12.4. The van der Waals surface area contributed by atoms with E-state index in [-0.39, 0.29) is 11.9 Å². The highest BCUT2D eigenvalue weighted by atomic mass is 19.4. The van der Waals surface area contributed by atoms with Crippen LogP contribution in [0.2, 0.25) is 0 Å². The largest absolute Gasteiger partial charge is 0.416 e. The average Bonchev–Trinajstić information content (AvgIpc) is 3.10. The Bertz CT molecular complexity index is 661. The molecule has 1 saturated heterocycles. The molecule has 142 valence electrons. The Morgan fingerprint density at radius 1 is 1.15 bits per heavy atom. The number of nitrogens with zero attached hydrogens (tertiary/aromatic N) is 1. The van der Waals surface area contributed by atoms with Gasteiger partial charge in [0.05, 0.1) is 11.6 Å². The van der Waals surface area contributed by atoms with Crippen LogP contribution in [0.4, 0.5) is 17.6 Å². The summed E-state index contributed by atoms with van der Waals surface area (Å²) < 4.78 is 49.5. The van der Waals surface area contributed by atoms with Gasteiger partial charge in [0.25, 0.3) is 0 Å². The van der Waals surface area contributed by atoms with Gasteiger partial charge in [-0.3, -0.25) is 4.79 Å². The maximum Gasteiger partial charge on any atom is 0.416 e. The number of benzene rings is 1. The molecule has 0 bridgehead atoms. The number of aryl methyl sites for hydroxylation is 1. The molecule has 1 fully saturated rings. The van der Waals surface area contributed by atoms with Crippen LogP contribution in [0.1, 0.15) is 43.7 Å². The predicted octanol–water partition coefficient (Wildman–Crippen LogP) is 5.45. The van der Waals surface area contributed by atoms with Crippen molar-refractivity contribution in [1.29, 1.82) is 0 Å². The summed E-state index contributed by atoms with van der Waals surface area (Å²) in [5.74, 6) is -0.130. The zero-order valence-corrected chi connectivity index (χ0v) is 14.7. The molecule has 1 aromatic rings. The summed E-state index contributed by atoms with van der Waals surface area (Å²) in [6.07, 6.45) is 4.48. The van der Waals surface area contributed by atoms with E-state index in [0.29, 0.717) is 0 Å². The quantitative estimate of drug-likeness (QED) is 0.513. The number of rotatable bonds is 3. The Morgan fingerprint density at radius 2 is 1.81 bits per heavy atom. The van der Waals surface area contributed by atoms with Crippen LogP contribution in [0, 0.1) is 0 Å². The number of carbonyl (C=O) groups excluding carboxylic acids is 1. The molecule has 2 aliphatic rings. The van der Waals surface area contributed by atoms with Gasteiger partial charge in [0.1, 0.15) is 5.83 Å². The van der Waals surface area contributed by atoms with Crippen LogP contribution in [-0.4, -0.2) is 23.9 Å². The first-order valence-electron chi connectivity index (χ1n) is 8.80. The minimum Gasteiger partial charge on any atom is -0.338 e. The van der Waals surface area contributed by atoms with Gasteiger partial charge in [-0.15, -0.1) is 0 Å². The van der Waals surface area contributed by atoms with E-state index >= 15 is 0 Å². The molecule has 3 rings (SSSR count). The molecule has 1 aliphatic carbocycles. The van der Waals surface area contributed by atoms with Crippen LogP contribution in [-0.2, 0) is 17.4 Å². The van der Waals surface area contributed by atoms with E-state index in [1.165, 1.54) is 12.1 Å². The van der Waals surface area contributed by atoms with E-state index < -0.39 is 11.7 Å². The predicted molar refractivity (Wildman–Crippen MR) is 93.1 cm³/mol. The van der Waals surface area contributed by atoms with Crippen molar-refractivity contribution in [3.63, 3.8) is 0 Å². The zero-order chi connectivity index (χ0) is 19.2. The zero-order valence-electron chi connectivity index (χ0n) is 14.7. The molecular formula is C20H23F4NO. The van der Waals surface area contributed by atoms with Crippen LogP contribution >= 0.6 is 0 Å². The van der Waals surface area contributed by atoms with Crippen molar-refractivity contribution in [2.75, 3.05) is 6.54 Å². The molecule has 1 atom stereocenters. The van der Waals surface area contributed by atoms with Crippen molar-refractivity contribution in [2.24, 2.45) is 0 Å². The molecule has 6 heteroatoms. The first-order chi connectivity index (χ1) is 12.4. The first-order valence-corrected chi connectivity index (χ1v) is 8.80. The second kappa shape index (κ2) is 9.01. The maximum absolute atomic E-state index is 13.5. The summed E-state index contributed by atoms with van der Waals surface area (Å²) in [6.45, 7) is 2.67. The van der Waals surface area contributed by atoms with Crippen molar-refractivity contribution < 1.29 is 22.4 Å². The maximum atomic E-state index is 13.5. The van der Waals surface area contributed by atoms with E-state index in [1.807, 2.05) is 13.0 Å². The molecular weight excluding hydrogens is 346 g/mol. The van der Waals surface area contributed by atoms with Gasteiger partial charge >= 0.3 is 6.18 Å². The molecule has 0 N–H and O–H groups in total. The highest BCUT2D eigenvalue weighted by Gasteiger charge is 2.30. The molecule has 0 radical (unpaired) electrons. The van der Waals surface area contributed by atoms with Crippen LogP contribution in [0.25, 0.3) is 0 Å². The Hall–Kier alpha value is -2.11. The lowest BCUT2D eigenvalue weighted by molar-refractivity contribution is -0.137. The highest BCUT2D eigenvalue weighted by molar-refractivity contribution is 5.51. The third-order valence-corrected chi connectivity index (χ3v) is 4.61. The number of hydrogen-bond donors (Lipinski definition) is 0. The second-order valence-corrected chi connectivity index (χ2v) is 6.34. The van der Waals surface area contributed by atoms with Crippen molar-refractivity contribution in [3.8, 4) is 0 Å². The van der Waals surface area contributed by atoms with Gasteiger partial charge in [0, 0.05) is 12.1 Å². The van der Waals surface area contributed by atoms with Gasteiger partial charge in [-0.05, 0) is 55.9 Å². The highest BCUT2D eigenvalue weighted by Crippen LogP contribution is 2.31. The number of likely N-dealkylation sites (tertiary alicyclic amines) is 1. The smallest absolute Gasteiger partial charge is 0.338 e. The Morgan fingerprint density at radius 3 is 2.35 bits per heavy atom. The van der Waals surface area contributed by atoms with Crippen molar-refractivity contribution in [1.82, 2.24) is 4.90 Å². The number of allylic oxidation sites excluding steroid dienone is 2. The molecule has 0 spiro atoms. The molecule has 1 unspecified atom stereocenters. The fraction of sp³-hybridized carbons (Fsp3) is 0.450. The van der Waals surface area contributed by atoms with Crippen LogP contribution in [0.15, 0.2) is 47.8 Å². The van der Waals surface area contributed by atoms with Crippen molar-refractivity contribution in [3.05, 3.63) is 58.9 Å². The summed E-state index contributed by atoms with van der Waals surface area (Å²) in [7, 11) is 0. The number of alkyl halides is 3. The molecule has 1 aromatic carbocycles. The van der Waals surface area contributed by atoms with Crippen LogP contribution < -0.4 is 0 Å². The fourth-order valence-electron chi connectivity index (χ4n) is 3.14. The third-order valence-electron chi connectivity index (χ3n) is 4.61. The molecule has 0 saturated carbocycles. The average molecular weight is 369 g/mol. The van der Waals surface area contributed by atoms with Crippen molar-refractivity contribution >= 4 is 6.41 Å². The van der Waals surface area contributed by atoms with E-state index in [1.54, 1.807) is 11.0 Å². The SMILES string of the molecule is CCc1ccc(C(F)(F)F)cc1.O=CN1CCCC1C1=CCCC=C1F. The van der Waals surface area contributed by atoms with Gasteiger partial charge in [0.15, 0.2) is 0 Å². The molecule has 1 heterocycles. The van der Waals surface area contributed by atoms with E-state index in [0.717, 1.165) is 68.3 Å². The molecule has 1 amide bonds. The van der Waals surface area contributed by atoms with E-state index in [2.05, 4.69) is 0 Å². The topological polar surface area (TPSA) is 20.3 Å². The van der Waals surface area contributed by atoms with Crippen LogP contribution in [0.3, 0.4) is 0 Å². The molecule has 26 heavy (non-hydrogen) atoms. The van der Waals surface area contributed by atoms with E-state index in [4.69, 9.17) is 0 Å². The summed E-state index contributed by atoms with van der Waals surface area (Å²) >= 11 is 0. The number of amides is 1. The Kier molecular flexibility index (Phi) is 7.00. The normalized spacial score (nSPS) is 20.0. The first kappa shape index (κ1) is 20.2. The minimum atomic E-state index is -4.22. The third kappa shape index (κ3) is 5.19. The van der Waals surface area contributed by atoms with E-state index in [9.17, 15) is 22.4 Å². The monoisotopic (exact) mass is 369 g/mol. The van der Waals surface area contributed by atoms with Gasteiger partial charge in [-0.25, -0.2) is 4.39 Å². The number of carbonyl (C=O) groups is 1. The Balaban J connectivity index is 0.000000190. The molecule has 1 aliphatic heterocycles. The molecule has 2 nitrogen and oxygen atoms in total. The van der Waals surface area contributed by atoms with Crippen molar-refractivity contribution in [2.45, 2.75) is 51.2 Å². The lowest BCUT2D eigenvalue weighted by Gasteiger charge is -2.23. The van der Waals surface area contributed by atoms with Gasteiger partial charge in [-0.2, -0.15) is 13.2 Å². The summed E-state index contributed by atoms with van der Waals surface area (Å²) in [5, 5.41) is 0. The lowest BCUT2D eigenvalue weighted by atomic mass is 9.97. The van der Waals surface area contributed by atoms with Crippen LogP contribution in [0.5, 0.6) is 0 Å².